The van der Waals surface area contributed by atoms with Crippen LogP contribution in [-0.4, -0.2) is 19.6 Å². The average Bonchev–Trinajstić information content (AvgIpc) is 2.72. The maximum Gasteiger partial charge on any atom is 0.243 e. The summed E-state index contributed by atoms with van der Waals surface area (Å²) in [6.07, 6.45) is 0.785. The number of aryl methyl sites for hydroxylation is 4. The zero-order chi connectivity index (χ0) is 12.6. The van der Waals surface area contributed by atoms with Crippen LogP contribution in [0.15, 0.2) is 6.07 Å². The van der Waals surface area contributed by atoms with Gasteiger partial charge in [-0.1, -0.05) is 6.92 Å². The maximum absolute atomic E-state index is 5.98. The van der Waals surface area contributed by atoms with E-state index in [-0.39, 0.29) is 0 Å². The Morgan fingerprint density at radius 1 is 1.29 bits per heavy atom. The fraction of sp³-hybridized carbons (Fsp3) is 0.455. The summed E-state index contributed by atoms with van der Waals surface area (Å²) in [7, 11) is 3.64. The number of anilines is 1. The number of aromatic nitrogens is 4. The second-order valence-electron chi connectivity index (χ2n) is 3.99. The smallest absolute Gasteiger partial charge is 0.243 e. The largest absolute Gasteiger partial charge is 0.419 e. The summed E-state index contributed by atoms with van der Waals surface area (Å²) in [6.45, 7) is 3.92. The number of nitrogen functional groups attached to an aromatic ring is 1. The summed E-state index contributed by atoms with van der Waals surface area (Å²) < 4.78 is 9.07. The van der Waals surface area contributed by atoms with E-state index < -0.39 is 0 Å². The van der Waals surface area contributed by atoms with Crippen molar-refractivity contribution in [1.82, 2.24) is 19.6 Å². The van der Waals surface area contributed by atoms with Crippen LogP contribution in [0.5, 0.6) is 11.8 Å². The normalized spacial score (nSPS) is 10.8. The van der Waals surface area contributed by atoms with Gasteiger partial charge in [0.1, 0.15) is 5.69 Å². The summed E-state index contributed by atoms with van der Waals surface area (Å²) in [4.78, 5) is 0. The van der Waals surface area contributed by atoms with Crippen molar-refractivity contribution < 1.29 is 4.74 Å². The molecular weight excluding hydrogens is 218 g/mol. The summed E-state index contributed by atoms with van der Waals surface area (Å²) in [6, 6.07) is 1.86. The van der Waals surface area contributed by atoms with Crippen LogP contribution < -0.4 is 10.5 Å². The molecule has 0 amide bonds. The predicted molar refractivity (Wildman–Crippen MR) is 65.0 cm³/mol. The molecule has 0 saturated carbocycles. The first-order valence-corrected chi connectivity index (χ1v) is 5.52. The summed E-state index contributed by atoms with van der Waals surface area (Å²) in [5.74, 6) is 1.21. The summed E-state index contributed by atoms with van der Waals surface area (Å²) in [5.41, 5.74) is 8.32. The van der Waals surface area contributed by atoms with Crippen LogP contribution in [0.4, 0.5) is 5.69 Å². The Balaban J connectivity index is 2.36. The molecule has 0 spiro atoms. The average molecular weight is 235 g/mol. The molecule has 0 aliphatic rings. The third kappa shape index (κ3) is 1.98. The van der Waals surface area contributed by atoms with Crippen molar-refractivity contribution in [2.45, 2.75) is 20.3 Å². The topological polar surface area (TPSA) is 70.9 Å². The number of nitrogens with zero attached hydrogens (tertiary/aromatic N) is 4. The molecule has 0 radical (unpaired) electrons. The quantitative estimate of drug-likeness (QED) is 0.872. The van der Waals surface area contributed by atoms with Crippen LogP contribution >= 0.6 is 0 Å². The van der Waals surface area contributed by atoms with Crippen molar-refractivity contribution in [3.05, 3.63) is 17.5 Å². The number of hydrogen-bond donors (Lipinski definition) is 1. The highest BCUT2D eigenvalue weighted by Gasteiger charge is 2.15. The summed E-state index contributed by atoms with van der Waals surface area (Å²) in [5, 5.41) is 8.51. The fourth-order valence-electron chi connectivity index (χ4n) is 1.74. The van der Waals surface area contributed by atoms with Gasteiger partial charge in [0.2, 0.25) is 11.8 Å². The lowest BCUT2D eigenvalue weighted by Crippen LogP contribution is -2.01. The van der Waals surface area contributed by atoms with Gasteiger partial charge in [-0.2, -0.15) is 10.2 Å². The first kappa shape index (κ1) is 11.5. The van der Waals surface area contributed by atoms with E-state index in [0.717, 1.165) is 17.8 Å². The predicted octanol–water partition coefficient (Wildman–Crippen LogP) is 1.40. The molecule has 17 heavy (non-hydrogen) atoms. The highest BCUT2D eigenvalue weighted by atomic mass is 16.5. The zero-order valence-corrected chi connectivity index (χ0v) is 10.6. The molecule has 0 aliphatic carbocycles. The van der Waals surface area contributed by atoms with Gasteiger partial charge in [-0.05, 0) is 13.3 Å². The summed E-state index contributed by atoms with van der Waals surface area (Å²) >= 11 is 0. The first-order valence-electron chi connectivity index (χ1n) is 5.52. The fourth-order valence-corrected chi connectivity index (χ4v) is 1.74. The molecule has 0 aromatic carbocycles. The van der Waals surface area contributed by atoms with Gasteiger partial charge in [-0.15, -0.1) is 0 Å². The Labute approximate surface area is 100.0 Å². The van der Waals surface area contributed by atoms with Crippen LogP contribution in [0.2, 0.25) is 0 Å². The lowest BCUT2D eigenvalue weighted by atomic mass is 10.3. The van der Waals surface area contributed by atoms with Crippen LogP contribution in [0.3, 0.4) is 0 Å². The van der Waals surface area contributed by atoms with Gasteiger partial charge < -0.3 is 10.5 Å². The Kier molecular flexibility index (Phi) is 2.79. The van der Waals surface area contributed by atoms with E-state index in [4.69, 9.17) is 10.5 Å². The van der Waals surface area contributed by atoms with E-state index in [2.05, 4.69) is 10.2 Å². The zero-order valence-electron chi connectivity index (χ0n) is 10.6. The molecule has 2 N–H and O–H groups in total. The third-order valence-corrected chi connectivity index (χ3v) is 2.60. The van der Waals surface area contributed by atoms with Crippen LogP contribution in [0, 0.1) is 6.92 Å². The van der Waals surface area contributed by atoms with E-state index >= 15 is 0 Å². The van der Waals surface area contributed by atoms with Crippen molar-refractivity contribution in [2.75, 3.05) is 5.73 Å². The van der Waals surface area contributed by atoms with Gasteiger partial charge in [0, 0.05) is 20.2 Å². The van der Waals surface area contributed by atoms with Gasteiger partial charge in [0.25, 0.3) is 0 Å². The molecule has 2 rings (SSSR count). The van der Waals surface area contributed by atoms with Crippen LogP contribution in [0.1, 0.15) is 18.3 Å². The second-order valence-corrected chi connectivity index (χ2v) is 3.99. The van der Waals surface area contributed by atoms with Crippen molar-refractivity contribution >= 4 is 5.69 Å². The van der Waals surface area contributed by atoms with Gasteiger partial charge in [-0.3, -0.25) is 0 Å². The number of hydrogen-bond acceptors (Lipinski definition) is 4. The minimum atomic E-state index is 0.560. The van der Waals surface area contributed by atoms with E-state index in [1.54, 1.807) is 9.36 Å². The molecule has 0 fully saturated rings. The van der Waals surface area contributed by atoms with Crippen molar-refractivity contribution in [3.8, 4) is 11.8 Å². The van der Waals surface area contributed by atoms with Crippen LogP contribution in [-0.2, 0) is 20.5 Å². The molecule has 0 aliphatic heterocycles. The van der Waals surface area contributed by atoms with Gasteiger partial charge >= 0.3 is 0 Å². The molecule has 0 bridgehead atoms. The number of ether oxygens (including phenoxy) is 1. The van der Waals surface area contributed by atoms with E-state index in [1.165, 1.54) is 0 Å². The first-order chi connectivity index (χ1) is 8.02. The van der Waals surface area contributed by atoms with Gasteiger partial charge in [0.15, 0.2) is 0 Å². The third-order valence-electron chi connectivity index (χ3n) is 2.60. The van der Waals surface area contributed by atoms with E-state index in [9.17, 15) is 0 Å². The van der Waals surface area contributed by atoms with Gasteiger partial charge in [0.05, 0.1) is 11.4 Å². The second kappa shape index (κ2) is 4.12. The molecule has 0 atom stereocenters. The highest BCUT2D eigenvalue weighted by molar-refractivity contribution is 5.54. The Bertz CT molecular complexity index is 540. The highest BCUT2D eigenvalue weighted by Crippen LogP contribution is 2.29. The molecule has 92 valence electrons. The minimum absolute atomic E-state index is 0.560. The molecule has 2 aromatic heterocycles. The Morgan fingerprint density at radius 3 is 2.47 bits per heavy atom. The lowest BCUT2D eigenvalue weighted by molar-refractivity contribution is 0.394. The molecule has 2 aromatic rings. The Morgan fingerprint density at radius 2 is 2.00 bits per heavy atom. The Hall–Kier alpha value is -1.98. The molecule has 6 nitrogen and oxygen atoms in total. The van der Waals surface area contributed by atoms with Crippen molar-refractivity contribution in [3.63, 3.8) is 0 Å². The molecule has 2 heterocycles. The number of nitrogens with two attached hydrogens (primary N) is 1. The maximum atomic E-state index is 5.98. The van der Waals surface area contributed by atoms with Gasteiger partial charge in [-0.25, -0.2) is 9.36 Å². The monoisotopic (exact) mass is 235 g/mol. The number of rotatable bonds is 3. The van der Waals surface area contributed by atoms with E-state index in [1.807, 2.05) is 34.0 Å². The lowest BCUT2D eigenvalue weighted by Gasteiger charge is -2.05. The molecule has 6 heteroatoms. The standard InChI is InChI=1S/C11H17N5O/c1-5-8-10(12)11(16(4)14-8)17-9-6-7(2)13-15(9)3/h6H,5,12H2,1-4H3. The molecular formula is C11H17N5O. The van der Waals surface area contributed by atoms with E-state index in [0.29, 0.717) is 17.4 Å². The van der Waals surface area contributed by atoms with Crippen molar-refractivity contribution in [2.24, 2.45) is 14.1 Å². The SMILES string of the molecule is CCc1nn(C)c(Oc2cc(C)nn2C)c1N. The van der Waals surface area contributed by atoms with Crippen LogP contribution in [0.25, 0.3) is 0 Å². The molecule has 0 saturated heterocycles. The minimum Gasteiger partial charge on any atom is -0.419 e. The molecule has 0 unspecified atom stereocenters. The van der Waals surface area contributed by atoms with Crippen molar-refractivity contribution in [1.29, 1.82) is 0 Å².